The molecule has 0 spiro atoms. The molecule has 1 atom stereocenters. The molecule has 25 heavy (non-hydrogen) atoms. The molecule has 0 amide bonds. The van der Waals surface area contributed by atoms with Crippen molar-refractivity contribution < 1.29 is 28.6 Å². The average molecular weight is 356 g/mol. The molecule has 6 nitrogen and oxygen atoms in total. The Labute approximate surface area is 150 Å². The lowest BCUT2D eigenvalue weighted by Crippen LogP contribution is -2.35. The average Bonchev–Trinajstić information content (AvgIpc) is 2.28. The van der Waals surface area contributed by atoms with Crippen molar-refractivity contribution in [3.05, 3.63) is 12.2 Å². The minimum Gasteiger partial charge on any atom is -0.460 e. The monoisotopic (exact) mass is 356 g/mol. The largest absolute Gasteiger partial charge is 0.460 e. The standard InChI is InChI=1S/C19H32O6/c1-12(15(21)24-18(5,6)7)13(16(22)25-19(8,9)10)11-14(20)23-17(2,3)4/h13H,1,11H2,2-10H3. The number of rotatable bonds is 5. The van der Waals surface area contributed by atoms with Gasteiger partial charge in [-0.3, -0.25) is 9.59 Å². The highest BCUT2D eigenvalue weighted by Crippen LogP contribution is 2.24. The fourth-order valence-electron chi connectivity index (χ4n) is 1.76. The molecule has 0 heterocycles. The van der Waals surface area contributed by atoms with Gasteiger partial charge in [-0.25, -0.2) is 4.79 Å². The molecule has 0 bridgehead atoms. The van der Waals surface area contributed by atoms with Gasteiger partial charge >= 0.3 is 17.9 Å². The van der Waals surface area contributed by atoms with Gasteiger partial charge in [0.2, 0.25) is 0 Å². The van der Waals surface area contributed by atoms with Crippen molar-refractivity contribution in [2.24, 2.45) is 5.92 Å². The van der Waals surface area contributed by atoms with Crippen LogP contribution in [0.4, 0.5) is 0 Å². The van der Waals surface area contributed by atoms with Crippen molar-refractivity contribution >= 4 is 17.9 Å². The van der Waals surface area contributed by atoms with Crippen LogP contribution in [0.5, 0.6) is 0 Å². The SMILES string of the molecule is C=C(C(=O)OC(C)(C)C)C(CC(=O)OC(C)(C)C)C(=O)OC(C)(C)C. The lowest BCUT2D eigenvalue weighted by atomic mass is 9.96. The van der Waals surface area contributed by atoms with Gasteiger partial charge in [0.05, 0.1) is 12.3 Å². The summed E-state index contributed by atoms with van der Waals surface area (Å²) in [5.74, 6) is -3.24. The van der Waals surface area contributed by atoms with Gasteiger partial charge in [0.25, 0.3) is 0 Å². The minimum absolute atomic E-state index is 0.130. The third kappa shape index (κ3) is 10.6. The first kappa shape index (κ1) is 23.1. The van der Waals surface area contributed by atoms with Crippen molar-refractivity contribution in [2.45, 2.75) is 85.5 Å². The molecule has 0 aromatic rings. The molecule has 0 aliphatic heterocycles. The third-order valence-electron chi connectivity index (χ3n) is 2.56. The van der Waals surface area contributed by atoms with Crippen molar-refractivity contribution in [2.75, 3.05) is 0 Å². The molecule has 144 valence electrons. The van der Waals surface area contributed by atoms with Crippen LogP contribution in [0, 0.1) is 5.92 Å². The summed E-state index contributed by atoms with van der Waals surface area (Å²) in [6.45, 7) is 19.0. The molecule has 0 N–H and O–H groups in total. The lowest BCUT2D eigenvalue weighted by molar-refractivity contribution is -0.167. The zero-order chi connectivity index (χ0) is 20.2. The summed E-state index contributed by atoms with van der Waals surface area (Å²) in [6, 6.07) is 0. The van der Waals surface area contributed by atoms with E-state index in [1.807, 2.05) is 0 Å². The van der Waals surface area contributed by atoms with Gasteiger partial charge in [0, 0.05) is 5.57 Å². The maximum Gasteiger partial charge on any atom is 0.334 e. The number of carbonyl (C=O) groups is 3. The highest BCUT2D eigenvalue weighted by atomic mass is 16.6. The van der Waals surface area contributed by atoms with Gasteiger partial charge in [-0.1, -0.05) is 6.58 Å². The van der Waals surface area contributed by atoms with Gasteiger partial charge in [0.1, 0.15) is 16.8 Å². The van der Waals surface area contributed by atoms with Crippen molar-refractivity contribution in [3.8, 4) is 0 Å². The molecular formula is C19H32O6. The van der Waals surface area contributed by atoms with Crippen LogP contribution in [0.1, 0.15) is 68.7 Å². The maximum absolute atomic E-state index is 12.5. The number of hydrogen-bond acceptors (Lipinski definition) is 6. The Kier molecular flexibility index (Phi) is 7.43. The number of esters is 3. The second-order valence-electron chi connectivity index (χ2n) is 8.90. The maximum atomic E-state index is 12.5. The fourth-order valence-corrected chi connectivity index (χ4v) is 1.76. The van der Waals surface area contributed by atoms with E-state index in [9.17, 15) is 14.4 Å². The molecular weight excluding hydrogens is 324 g/mol. The Bertz CT molecular complexity index is 526. The van der Waals surface area contributed by atoms with Crippen LogP contribution in [0.2, 0.25) is 0 Å². The van der Waals surface area contributed by atoms with E-state index in [4.69, 9.17) is 14.2 Å². The van der Waals surface area contributed by atoms with Crippen LogP contribution in [-0.2, 0) is 28.6 Å². The second kappa shape index (κ2) is 8.02. The van der Waals surface area contributed by atoms with Gasteiger partial charge in [-0.15, -0.1) is 0 Å². The minimum atomic E-state index is -1.16. The molecule has 0 rings (SSSR count). The Morgan fingerprint density at radius 2 is 1.16 bits per heavy atom. The van der Waals surface area contributed by atoms with Crippen molar-refractivity contribution in [3.63, 3.8) is 0 Å². The Morgan fingerprint density at radius 1 is 0.760 bits per heavy atom. The predicted octanol–water partition coefficient (Wildman–Crippen LogP) is 3.57. The molecule has 0 saturated heterocycles. The summed E-state index contributed by atoms with van der Waals surface area (Å²) in [5, 5.41) is 0. The topological polar surface area (TPSA) is 78.9 Å². The second-order valence-corrected chi connectivity index (χ2v) is 8.90. The molecule has 1 unspecified atom stereocenters. The van der Waals surface area contributed by atoms with E-state index in [1.54, 1.807) is 62.3 Å². The molecule has 0 aromatic heterocycles. The molecule has 6 heteroatoms. The third-order valence-corrected chi connectivity index (χ3v) is 2.56. The van der Waals surface area contributed by atoms with E-state index in [2.05, 4.69) is 6.58 Å². The quantitative estimate of drug-likeness (QED) is 0.426. The van der Waals surface area contributed by atoms with Crippen LogP contribution >= 0.6 is 0 Å². The van der Waals surface area contributed by atoms with Crippen LogP contribution < -0.4 is 0 Å². The molecule has 0 fully saturated rings. The molecule has 0 aliphatic rings. The summed E-state index contributed by atoms with van der Waals surface area (Å²) in [6.07, 6.45) is -0.343. The summed E-state index contributed by atoms with van der Waals surface area (Å²) in [7, 11) is 0. The van der Waals surface area contributed by atoms with Crippen LogP contribution in [0.3, 0.4) is 0 Å². The normalized spacial score (nSPS) is 13.6. The van der Waals surface area contributed by atoms with Gasteiger partial charge in [-0.2, -0.15) is 0 Å². The van der Waals surface area contributed by atoms with Crippen LogP contribution in [0.15, 0.2) is 12.2 Å². The molecule has 0 aromatic carbocycles. The Balaban J connectivity index is 5.39. The first-order valence-corrected chi connectivity index (χ1v) is 8.28. The van der Waals surface area contributed by atoms with Crippen LogP contribution in [0.25, 0.3) is 0 Å². The van der Waals surface area contributed by atoms with E-state index < -0.39 is 40.6 Å². The highest BCUT2D eigenvalue weighted by molar-refractivity contribution is 5.97. The molecule has 0 radical (unpaired) electrons. The smallest absolute Gasteiger partial charge is 0.334 e. The van der Waals surface area contributed by atoms with E-state index in [-0.39, 0.29) is 12.0 Å². The first-order chi connectivity index (χ1) is 10.9. The van der Waals surface area contributed by atoms with Gasteiger partial charge in [0.15, 0.2) is 0 Å². The summed E-state index contributed by atoms with van der Waals surface area (Å²) >= 11 is 0. The molecule has 0 aliphatic carbocycles. The zero-order valence-electron chi connectivity index (χ0n) is 16.9. The first-order valence-electron chi connectivity index (χ1n) is 8.28. The summed E-state index contributed by atoms with van der Waals surface area (Å²) < 4.78 is 15.8. The van der Waals surface area contributed by atoms with E-state index in [1.165, 1.54) is 0 Å². The van der Waals surface area contributed by atoms with E-state index in [0.717, 1.165) is 0 Å². The van der Waals surface area contributed by atoms with Crippen molar-refractivity contribution in [1.29, 1.82) is 0 Å². The molecule has 0 saturated carbocycles. The van der Waals surface area contributed by atoms with Gasteiger partial charge in [-0.05, 0) is 62.3 Å². The highest BCUT2D eigenvalue weighted by Gasteiger charge is 2.35. The summed E-state index contributed by atoms with van der Waals surface area (Å²) in [4.78, 5) is 36.9. The zero-order valence-corrected chi connectivity index (χ0v) is 16.9. The van der Waals surface area contributed by atoms with Crippen LogP contribution in [-0.4, -0.2) is 34.7 Å². The predicted molar refractivity (Wildman–Crippen MR) is 94.8 cm³/mol. The Morgan fingerprint density at radius 3 is 1.52 bits per heavy atom. The summed E-state index contributed by atoms with van der Waals surface area (Å²) in [5.41, 5.74) is -2.35. The van der Waals surface area contributed by atoms with Gasteiger partial charge < -0.3 is 14.2 Å². The number of ether oxygens (including phenoxy) is 3. The Hall–Kier alpha value is -1.85. The number of carbonyl (C=O) groups excluding carboxylic acids is 3. The lowest BCUT2D eigenvalue weighted by Gasteiger charge is -2.27. The van der Waals surface area contributed by atoms with E-state index >= 15 is 0 Å². The number of hydrogen-bond donors (Lipinski definition) is 0. The van der Waals surface area contributed by atoms with Crippen molar-refractivity contribution in [1.82, 2.24) is 0 Å². The fraction of sp³-hybridized carbons (Fsp3) is 0.737. The van der Waals surface area contributed by atoms with E-state index in [0.29, 0.717) is 0 Å².